The van der Waals surface area contributed by atoms with E-state index < -0.39 is 5.97 Å². The number of thiophene rings is 1. The number of rotatable bonds is 5. The zero-order chi connectivity index (χ0) is 13.0. The van der Waals surface area contributed by atoms with Gasteiger partial charge in [0.05, 0.1) is 12.1 Å². The SMILES string of the molecule is O=C(O)Cc1ccc(CNc2cccnc2Cl)s1. The predicted molar refractivity (Wildman–Crippen MR) is 72.2 cm³/mol. The Bertz CT molecular complexity index is 557. The van der Waals surface area contributed by atoms with Crippen molar-refractivity contribution in [3.05, 3.63) is 45.4 Å². The fourth-order valence-electron chi connectivity index (χ4n) is 1.46. The highest BCUT2D eigenvalue weighted by Crippen LogP contribution is 2.21. The van der Waals surface area contributed by atoms with Gasteiger partial charge in [-0.15, -0.1) is 11.3 Å². The summed E-state index contributed by atoms with van der Waals surface area (Å²) < 4.78 is 0. The zero-order valence-electron chi connectivity index (χ0n) is 9.39. The van der Waals surface area contributed by atoms with Crippen LogP contribution in [0, 0.1) is 0 Å². The molecular formula is C12H11ClN2O2S. The monoisotopic (exact) mass is 282 g/mol. The van der Waals surface area contributed by atoms with Crippen molar-refractivity contribution in [3.8, 4) is 0 Å². The number of hydrogen-bond donors (Lipinski definition) is 2. The topological polar surface area (TPSA) is 62.2 Å². The van der Waals surface area contributed by atoms with Crippen LogP contribution < -0.4 is 5.32 Å². The average Bonchev–Trinajstić information content (AvgIpc) is 2.75. The second-order valence-electron chi connectivity index (χ2n) is 3.63. The molecule has 2 rings (SSSR count). The zero-order valence-corrected chi connectivity index (χ0v) is 11.0. The van der Waals surface area contributed by atoms with Crippen LogP contribution >= 0.6 is 22.9 Å². The van der Waals surface area contributed by atoms with Crippen molar-refractivity contribution >= 4 is 34.6 Å². The molecule has 0 saturated heterocycles. The molecule has 0 aromatic carbocycles. The maximum absolute atomic E-state index is 10.6. The van der Waals surface area contributed by atoms with Gasteiger partial charge < -0.3 is 10.4 Å². The molecule has 0 aliphatic rings. The van der Waals surface area contributed by atoms with E-state index in [0.717, 1.165) is 15.4 Å². The number of halogens is 1. The molecule has 0 unspecified atom stereocenters. The molecule has 0 aliphatic heterocycles. The quantitative estimate of drug-likeness (QED) is 0.828. The van der Waals surface area contributed by atoms with Crippen LogP contribution in [0.25, 0.3) is 0 Å². The van der Waals surface area contributed by atoms with E-state index >= 15 is 0 Å². The van der Waals surface area contributed by atoms with E-state index in [9.17, 15) is 4.79 Å². The summed E-state index contributed by atoms with van der Waals surface area (Å²) in [5.41, 5.74) is 0.771. The molecule has 0 spiro atoms. The maximum atomic E-state index is 10.6. The number of carbonyl (C=O) groups is 1. The fourth-order valence-corrected chi connectivity index (χ4v) is 2.60. The van der Waals surface area contributed by atoms with E-state index in [1.165, 1.54) is 11.3 Å². The van der Waals surface area contributed by atoms with Gasteiger partial charge in [0.25, 0.3) is 0 Å². The number of hydrogen-bond acceptors (Lipinski definition) is 4. The van der Waals surface area contributed by atoms with Crippen molar-refractivity contribution in [3.63, 3.8) is 0 Å². The van der Waals surface area contributed by atoms with Gasteiger partial charge in [-0.3, -0.25) is 4.79 Å². The van der Waals surface area contributed by atoms with Crippen molar-refractivity contribution in [2.24, 2.45) is 0 Å². The van der Waals surface area contributed by atoms with Crippen molar-refractivity contribution in [1.29, 1.82) is 0 Å². The number of nitrogens with zero attached hydrogens (tertiary/aromatic N) is 1. The summed E-state index contributed by atoms with van der Waals surface area (Å²) in [6.45, 7) is 0.607. The number of anilines is 1. The van der Waals surface area contributed by atoms with Gasteiger partial charge in [0.15, 0.2) is 5.15 Å². The van der Waals surface area contributed by atoms with E-state index in [4.69, 9.17) is 16.7 Å². The van der Waals surface area contributed by atoms with Crippen LogP contribution in [0.15, 0.2) is 30.5 Å². The largest absolute Gasteiger partial charge is 0.481 e. The first-order valence-corrected chi connectivity index (χ1v) is 6.48. The Hall–Kier alpha value is -1.59. The number of pyridine rings is 1. The van der Waals surface area contributed by atoms with E-state index in [2.05, 4.69) is 10.3 Å². The number of aliphatic carboxylic acids is 1. The van der Waals surface area contributed by atoms with Gasteiger partial charge in [-0.2, -0.15) is 0 Å². The third-order valence-electron chi connectivity index (χ3n) is 2.25. The van der Waals surface area contributed by atoms with Crippen LogP contribution in [-0.4, -0.2) is 16.1 Å². The van der Waals surface area contributed by atoms with E-state index in [1.54, 1.807) is 12.3 Å². The highest BCUT2D eigenvalue weighted by atomic mass is 35.5. The molecule has 4 nitrogen and oxygen atoms in total. The highest BCUT2D eigenvalue weighted by molar-refractivity contribution is 7.12. The van der Waals surface area contributed by atoms with Crippen molar-refractivity contribution in [2.75, 3.05) is 5.32 Å². The molecule has 0 atom stereocenters. The van der Waals surface area contributed by atoms with Crippen LogP contribution in [0.4, 0.5) is 5.69 Å². The Morgan fingerprint density at radius 3 is 2.89 bits per heavy atom. The number of nitrogens with one attached hydrogen (secondary N) is 1. The van der Waals surface area contributed by atoms with Crippen LogP contribution in [-0.2, 0) is 17.8 Å². The lowest BCUT2D eigenvalue weighted by atomic mass is 10.3. The molecule has 2 heterocycles. The van der Waals surface area contributed by atoms with E-state index in [0.29, 0.717) is 11.7 Å². The van der Waals surface area contributed by atoms with Crippen molar-refractivity contribution < 1.29 is 9.90 Å². The van der Waals surface area contributed by atoms with E-state index in [1.807, 2.05) is 18.2 Å². The second-order valence-corrected chi connectivity index (χ2v) is 5.24. The highest BCUT2D eigenvalue weighted by Gasteiger charge is 2.05. The normalized spacial score (nSPS) is 10.3. The van der Waals surface area contributed by atoms with Gasteiger partial charge >= 0.3 is 5.97 Å². The number of carboxylic acids is 1. The van der Waals surface area contributed by atoms with Gasteiger partial charge in [0.2, 0.25) is 0 Å². The molecule has 18 heavy (non-hydrogen) atoms. The van der Waals surface area contributed by atoms with Gasteiger partial charge in [0.1, 0.15) is 0 Å². The lowest BCUT2D eigenvalue weighted by Gasteiger charge is -2.05. The maximum Gasteiger partial charge on any atom is 0.308 e. The third-order valence-corrected chi connectivity index (χ3v) is 3.64. The van der Waals surface area contributed by atoms with Crippen LogP contribution in [0.1, 0.15) is 9.75 Å². The first kappa shape index (κ1) is 12.9. The van der Waals surface area contributed by atoms with Crippen LogP contribution in [0.2, 0.25) is 5.15 Å². The Labute approximate surface area is 113 Å². The lowest BCUT2D eigenvalue weighted by molar-refractivity contribution is -0.136. The van der Waals surface area contributed by atoms with E-state index in [-0.39, 0.29) is 6.42 Å². The minimum atomic E-state index is -0.813. The Morgan fingerprint density at radius 1 is 1.39 bits per heavy atom. The summed E-state index contributed by atoms with van der Waals surface area (Å²) in [4.78, 5) is 16.4. The summed E-state index contributed by atoms with van der Waals surface area (Å²) in [7, 11) is 0. The summed E-state index contributed by atoms with van der Waals surface area (Å²) in [6.07, 6.45) is 1.70. The Kier molecular flexibility index (Phi) is 4.17. The smallest absolute Gasteiger partial charge is 0.308 e. The van der Waals surface area contributed by atoms with Crippen LogP contribution in [0.5, 0.6) is 0 Å². The molecule has 0 radical (unpaired) electrons. The lowest BCUT2D eigenvalue weighted by Crippen LogP contribution is -1.99. The van der Waals surface area contributed by atoms with Crippen LogP contribution in [0.3, 0.4) is 0 Å². The first-order chi connectivity index (χ1) is 8.65. The molecule has 94 valence electrons. The summed E-state index contributed by atoms with van der Waals surface area (Å²) in [5.74, 6) is -0.813. The third kappa shape index (κ3) is 3.45. The van der Waals surface area contributed by atoms with Gasteiger partial charge in [-0.1, -0.05) is 11.6 Å². The molecular weight excluding hydrogens is 272 g/mol. The minimum Gasteiger partial charge on any atom is -0.481 e. The standard InChI is InChI=1S/C12H11ClN2O2S/c13-12-10(2-1-5-14-12)15-7-9-4-3-8(18-9)6-11(16)17/h1-5,15H,6-7H2,(H,16,17). The predicted octanol–water partition coefficient (Wildman–Crippen LogP) is 3.04. The number of carboxylic acid groups (broad SMARTS) is 1. The Balaban J connectivity index is 1.96. The molecule has 0 bridgehead atoms. The molecule has 2 aromatic heterocycles. The Morgan fingerprint density at radius 2 is 2.17 bits per heavy atom. The van der Waals surface area contributed by atoms with Crippen molar-refractivity contribution in [1.82, 2.24) is 4.98 Å². The summed E-state index contributed by atoms with van der Waals surface area (Å²) in [5, 5.41) is 12.3. The molecule has 0 fully saturated rings. The summed E-state index contributed by atoms with van der Waals surface area (Å²) >= 11 is 7.40. The molecule has 6 heteroatoms. The van der Waals surface area contributed by atoms with Gasteiger partial charge in [-0.25, -0.2) is 4.98 Å². The molecule has 0 aliphatic carbocycles. The second kappa shape index (κ2) is 5.84. The first-order valence-electron chi connectivity index (χ1n) is 5.29. The molecule has 0 amide bonds. The van der Waals surface area contributed by atoms with Gasteiger partial charge in [-0.05, 0) is 24.3 Å². The summed E-state index contributed by atoms with van der Waals surface area (Å²) in [6, 6.07) is 7.40. The molecule has 2 aromatic rings. The minimum absolute atomic E-state index is 0.0678. The fraction of sp³-hybridized carbons (Fsp3) is 0.167. The molecule has 2 N–H and O–H groups in total. The number of aromatic nitrogens is 1. The van der Waals surface area contributed by atoms with Crippen molar-refractivity contribution in [2.45, 2.75) is 13.0 Å². The molecule has 0 saturated carbocycles. The average molecular weight is 283 g/mol. The van der Waals surface area contributed by atoms with Gasteiger partial charge in [0, 0.05) is 22.5 Å².